The third kappa shape index (κ3) is 1.09. The molecule has 0 spiro atoms. The zero-order valence-corrected chi connectivity index (χ0v) is 8.28. The van der Waals surface area contributed by atoms with E-state index in [1.54, 1.807) is 12.4 Å². The van der Waals surface area contributed by atoms with Crippen LogP contribution in [0.2, 0.25) is 0 Å². The largest absolute Gasteiger partial charge is 0.396 e. The van der Waals surface area contributed by atoms with Gasteiger partial charge in [-0.25, -0.2) is 9.67 Å². The van der Waals surface area contributed by atoms with E-state index < -0.39 is 0 Å². The minimum absolute atomic E-state index is 0.649. The Balaban J connectivity index is 2.76. The summed E-state index contributed by atoms with van der Waals surface area (Å²) >= 11 is 0. The number of nitrogens with zero attached hydrogens (tertiary/aromatic N) is 3. The van der Waals surface area contributed by atoms with Crippen LogP contribution in [0.3, 0.4) is 0 Å². The summed E-state index contributed by atoms with van der Waals surface area (Å²) in [6, 6.07) is 0. The standard InChI is InChI=1S/C9H13N5/c1-3-14-9-6(4-13-14)8(11-2)7(10)5-12-9/h4-5H,3,10H2,1-2H3,(H,11,12). The normalized spacial score (nSPS) is 10.7. The molecule has 0 aliphatic carbocycles. The first-order valence-corrected chi connectivity index (χ1v) is 4.55. The Hall–Kier alpha value is -1.78. The zero-order valence-electron chi connectivity index (χ0n) is 8.28. The lowest BCUT2D eigenvalue weighted by Crippen LogP contribution is -2.00. The molecule has 0 saturated carbocycles. The number of nitrogen functional groups attached to an aromatic ring is 1. The predicted molar refractivity (Wildman–Crippen MR) is 57.2 cm³/mol. The van der Waals surface area contributed by atoms with Crippen molar-refractivity contribution in [2.24, 2.45) is 0 Å². The Labute approximate surface area is 81.9 Å². The molecule has 14 heavy (non-hydrogen) atoms. The third-order valence-electron chi connectivity index (χ3n) is 2.25. The highest BCUT2D eigenvalue weighted by Crippen LogP contribution is 2.26. The third-order valence-corrected chi connectivity index (χ3v) is 2.25. The number of hydrogen-bond donors (Lipinski definition) is 2. The fourth-order valence-corrected chi connectivity index (χ4v) is 1.55. The number of rotatable bonds is 2. The molecule has 2 rings (SSSR count). The van der Waals surface area contributed by atoms with Crippen molar-refractivity contribution in [1.29, 1.82) is 0 Å². The van der Waals surface area contributed by atoms with Crippen molar-refractivity contribution in [3.8, 4) is 0 Å². The molecule has 0 unspecified atom stereocenters. The van der Waals surface area contributed by atoms with E-state index in [-0.39, 0.29) is 0 Å². The second kappa shape index (κ2) is 3.17. The summed E-state index contributed by atoms with van der Waals surface area (Å²) < 4.78 is 1.84. The maximum atomic E-state index is 5.79. The Morgan fingerprint density at radius 3 is 2.93 bits per heavy atom. The topological polar surface area (TPSA) is 68.8 Å². The molecule has 0 atom stereocenters. The molecule has 0 amide bonds. The van der Waals surface area contributed by atoms with Crippen molar-refractivity contribution in [2.75, 3.05) is 18.1 Å². The van der Waals surface area contributed by atoms with Crippen LogP contribution in [0.4, 0.5) is 11.4 Å². The van der Waals surface area contributed by atoms with Crippen LogP contribution < -0.4 is 11.1 Å². The lowest BCUT2D eigenvalue weighted by atomic mass is 10.2. The molecule has 2 aromatic heterocycles. The molecule has 5 nitrogen and oxygen atoms in total. The van der Waals surface area contributed by atoms with Gasteiger partial charge in [0.1, 0.15) is 0 Å². The monoisotopic (exact) mass is 191 g/mol. The summed E-state index contributed by atoms with van der Waals surface area (Å²) in [6.07, 6.45) is 3.44. The molecule has 3 N–H and O–H groups in total. The van der Waals surface area contributed by atoms with Crippen molar-refractivity contribution in [3.05, 3.63) is 12.4 Å². The van der Waals surface area contributed by atoms with Crippen molar-refractivity contribution in [1.82, 2.24) is 14.8 Å². The van der Waals surface area contributed by atoms with Crippen LogP contribution in [0.25, 0.3) is 11.0 Å². The fourth-order valence-electron chi connectivity index (χ4n) is 1.55. The highest BCUT2D eigenvalue weighted by molar-refractivity contribution is 5.94. The minimum atomic E-state index is 0.649. The van der Waals surface area contributed by atoms with E-state index in [1.807, 2.05) is 18.7 Å². The van der Waals surface area contributed by atoms with Gasteiger partial charge >= 0.3 is 0 Å². The maximum absolute atomic E-state index is 5.79. The van der Waals surface area contributed by atoms with E-state index in [4.69, 9.17) is 5.73 Å². The van der Waals surface area contributed by atoms with Gasteiger partial charge in [-0.2, -0.15) is 5.10 Å². The van der Waals surface area contributed by atoms with Gasteiger partial charge in [-0.3, -0.25) is 0 Å². The van der Waals surface area contributed by atoms with Crippen molar-refractivity contribution in [2.45, 2.75) is 13.5 Å². The summed E-state index contributed by atoms with van der Waals surface area (Å²) in [6.45, 7) is 2.84. The van der Waals surface area contributed by atoms with Gasteiger partial charge in [-0.05, 0) is 6.92 Å². The molecule has 0 radical (unpaired) electrons. The first-order valence-electron chi connectivity index (χ1n) is 4.55. The first-order chi connectivity index (χ1) is 6.77. The van der Waals surface area contributed by atoms with Crippen molar-refractivity contribution in [3.63, 3.8) is 0 Å². The van der Waals surface area contributed by atoms with Crippen molar-refractivity contribution < 1.29 is 0 Å². The number of aryl methyl sites for hydroxylation is 1. The van der Waals surface area contributed by atoms with E-state index >= 15 is 0 Å². The maximum Gasteiger partial charge on any atom is 0.159 e. The highest BCUT2D eigenvalue weighted by atomic mass is 15.3. The van der Waals surface area contributed by atoms with Crippen LogP contribution in [0.5, 0.6) is 0 Å². The lowest BCUT2D eigenvalue weighted by Gasteiger charge is -2.05. The fraction of sp³-hybridized carbons (Fsp3) is 0.333. The van der Waals surface area contributed by atoms with Gasteiger partial charge in [0.15, 0.2) is 5.65 Å². The SMILES string of the molecule is CCn1ncc2c(NC)c(N)cnc21. The molecule has 0 saturated heterocycles. The second-order valence-corrected chi connectivity index (χ2v) is 3.04. The van der Waals surface area contributed by atoms with Crippen LogP contribution in [-0.4, -0.2) is 21.8 Å². The molecule has 0 fully saturated rings. The number of anilines is 2. The minimum Gasteiger partial charge on any atom is -0.396 e. The lowest BCUT2D eigenvalue weighted by molar-refractivity contribution is 0.677. The van der Waals surface area contributed by atoms with Crippen molar-refractivity contribution >= 4 is 22.4 Å². The molecule has 74 valence electrons. The summed E-state index contributed by atoms with van der Waals surface area (Å²) in [5, 5.41) is 8.25. The summed E-state index contributed by atoms with van der Waals surface area (Å²) in [5.41, 5.74) is 8.20. The number of nitrogens with one attached hydrogen (secondary N) is 1. The number of pyridine rings is 1. The predicted octanol–water partition coefficient (Wildman–Crippen LogP) is 1.08. The Kier molecular flexibility index (Phi) is 1.99. The molecular weight excluding hydrogens is 178 g/mol. The van der Waals surface area contributed by atoms with Gasteiger partial charge in [0.05, 0.1) is 29.2 Å². The van der Waals surface area contributed by atoms with E-state index in [2.05, 4.69) is 15.4 Å². The van der Waals surface area contributed by atoms with E-state index in [0.29, 0.717) is 5.69 Å². The average Bonchev–Trinajstić information content (AvgIpc) is 2.60. The van der Waals surface area contributed by atoms with Crippen LogP contribution in [0.15, 0.2) is 12.4 Å². The van der Waals surface area contributed by atoms with Gasteiger partial charge in [0.2, 0.25) is 0 Å². The van der Waals surface area contributed by atoms with Gasteiger partial charge in [0.25, 0.3) is 0 Å². The summed E-state index contributed by atoms with van der Waals surface area (Å²) in [5.74, 6) is 0. The quantitative estimate of drug-likeness (QED) is 0.745. The molecule has 0 aliphatic rings. The second-order valence-electron chi connectivity index (χ2n) is 3.04. The van der Waals surface area contributed by atoms with Gasteiger partial charge in [0, 0.05) is 13.6 Å². The molecular formula is C9H13N5. The van der Waals surface area contributed by atoms with E-state index in [9.17, 15) is 0 Å². The highest BCUT2D eigenvalue weighted by Gasteiger charge is 2.08. The number of aromatic nitrogens is 3. The summed E-state index contributed by atoms with van der Waals surface area (Å²) in [4.78, 5) is 4.26. The molecule has 0 aliphatic heterocycles. The zero-order chi connectivity index (χ0) is 10.1. The van der Waals surface area contributed by atoms with Gasteiger partial charge < -0.3 is 11.1 Å². The van der Waals surface area contributed by atoms with Gasteiger partial charge in [-0.15, -0.1) is 0 Å². The first kappa shape index (κ1) is 8.80. The Morgan fingerprint density at radius 1 is 1.50 bits per heavy atom. The number of fused-ring (bicyclic) bond motifs is 1. The van der Waals surface area contributed by atoms with Crippen LogP contribution in [0.1, 0.15) is 6.92 Å². The van der Waals surface area contributed by atoms with E-state index in [1.165, 1.54) is 0 Å². The smallest absolute Gasteiger partial charge is 0.159 e. The molecule has 2 heterocycles. The van der Waals surface area contributed by atoms with Gasteiger partial charge in [-0.1, -0.05) is 0 Å². The number of hydrogen-bond acceptors (Lipinski definition) is 4. The molecule has 2 aromatic rings. The summed E-state index contributed by atoms with van der Waals surface area (Å²) in [7, 11) is 1.84. The van der Waals surface area contributed by atoms with Crippen LogP contribution in [0, 0.1) is 0 Å². The van der Waals surface area contributed by atoms with Crippen LogP contribution >= 0.6 is 0 Å². The molecule has 0 bridgehead atoms. The van der Waals surface area contributed by atoms with E-state index in [0.717, 1.165) is 23.3 Å². The molecule has 0 aromatic carbocycles. The Bertz CT molecular complexity index is 459. The average molecular weight is 191 g/mol. The molecule has 5 heteroatoms. The number of nitrogens with two attached hydrogens (primary N) is 1. The Morgan fingerprint density at radius 2 is 2.29 bits per heavy atom. The van der Waals surface area contributed by atoms with Crippen LogP contribution in [-0.2, 0) is 6.54 Å².